The summed E-state index contributed by atoms with van der Waals surface area (Å²) in [5.74, 6) is -0.000139. The number of cyclic esters (lactones) is 1. The summed E-state index contributed by atoms with van der Waals surface area (Å²) in [6.45, 7) is 14.5. The molecular formula is C10H23NO2Si2. The first kappa shape index (κ1) is 12.9. The molecule has 1 rings (SSSR count). The van der Waals surface area contributed by atoms with Gasteiger partial charge in [0.15, 0.2) is 0 Å². The number of carbonyl (C=O) groups is 1. The normalized spacial score (nSPS) is 23.4. The number of carbonyl (C=O) groups excluding carboxylic acids is 1. The van der Waals surface area contributed by atoms with E-state index in [0.717, 1.165) is 6.42 Å². The minimum atomic E-state index is -1.43. The number of hydrogen-bond donors (Lipinski definition) is 0. The third-order valence-corrected chi connectivity index (χ3v) is 10.2. The van der Waals surface area contributed by atoms with Crippen LogP contribution in [0.3, 0.4) is 0 Å². The zero-order valence-corrected chi connectivity index (χ0v) is 12.8. The molecule has 0 saturated carbocycles. The lowest BCUT2D eigenvalue weighted by atomic mass is 10.3. The van der Waals surface area contributed by atoms with Gasteiger partial charge in [0.25, 0.3) is 0 Å². The van der Waals surface area contributed by atoms with E-state index in [9.17, 15) is 4.79 Å². The van der Waals surface area contributed by atoms with Gasteiger partial charge in [-0.25, -0.2) is 0 Å². The van der Waals surface area contributed by atoms with Crippen LogP contribution in [0.2, 0.25) is 39.3 Å². The van der Waals surface area contributed by atoms with E-state index in [0.29, 0.717) is 6.61 Å². The second kappa shape index (κ2) is 4.03. The van der Waals surface area contributed by atoms with Crippen molar-refractivity contribution in [3.63, 3.8) is 0 Å². The summed E-state index contributed by atoms with van der Waals surface area (Å²) in [4.78, 5) is 11.7. The summed E-state index contributed by atoms with van der Waals surface area (Å²) < 4.78 is 7.64. The van der Waals surface area contributed by atoms with Crippen LogP contribution in [-0.2, 0) is 9.53 Å². The van der Waals surface area contributed by atoms with Crippen LogP contribution in [0.1, 0.15) is 6.42 Å². The Bertz CT molecular complexity index is 241. The van der Waals surface area contributed by atoms with E-state index in [2.05, 4.69) is 43.5 Å². The zero-order chi connectivity index (χ0) is 11.9. The molecule has 88 valence electrons. The molecule has 1 fully saturated rings. The largest absolute Gasteiger partial charge is 0.464 e. The molecule has 0 N–H and O–H groups in total. The minimum absolute atomic E-state index is 0.000139. The Labute approximate surface area is 95.0 Å². The Balaban J connectivity index is 2.96. The van der Waals surface area contributed by atoms with Gasteiger partial charge in [-0.1, -0.05) is 39.3 Å². The third kappa shape index (κ3) is 2.92. The molecule has 0 aliphatic carbocycles. The predicted molar refractivity (Wildman–Crippen MR) is 67.9 cm³/mol. The fourth-order valence-electron chi connectivity index (χ4n) is 2.66. The van der Waals surface area contributed by atoms with Crippen molar-refractivity contribution in [1.82, 2.24) is 4.23 Å². The van der Waals surface area contributed by atoms with E-state index in [4.69, 9.17) is 4.74 Å². The smallest absolute Gasteiger partial charge is 0.322 e. The van der Waals surface area contributed by atoms with Gasteiger partial charge < -0.3 is 8.97 Å². The van der Waals surface area contributed by atoms with Crippen molar-refractivity contribution in [3.05, 3.63) is 0 Å². The van der Waals surface area contributed by atoms with Gasteiger partial charge in [-0.15, -0.1) is 0 Å². The van der Waals surface area contributed by atoms with Crippen LogP contribution in [-0.4, -0.2) is 39.3 Å². The molecule has 0 aromatic heterocycles. The summed E-state index contributed by atoms with van der Waals surface area (Å²) in [6.07, 6.45) is 0.882. The maximum atomic E-state index is 11.7. The van der Waals surface area contributed by atoms with Crippen LogP contribution in [0.25, 0.3) is 0 Å². The average molecular weight is 245 g/mol. The molecule has 0 aromatic carbocycles. The predicted octanol–water partition coefficient (Wildman–Crippen LogP) is 2.27. The third-order valence-electron chi connectivity index (χ3n) is 2.66. The minimum Gasteiger partial charge on any atom is -0.464 e. The van der Waals surface area contributed by atoms with Gasteiger partial charge in [-0.2, -0.15) is 0 Å². The van der Waals surface area contributed by atoms with Crippen molar-refractivity contribution in [2.45, 2.75) is 51.7 Å². The Kier molecular flexibility index (Phi) is 3.47. The highest BCUT2D eigenvalue weighted by Crippen LogP contribution is 2.27. The fraction of sp³-hybridized carbons (Fsp3) is 0.900. The summed E-state index contributed by atoms with van der Waals surface area (Å²) in [7, 11) is -2.87. The van der Waals surface area contributed by atoms with Crippen molar-refractivity contribution in [2.75, 3.05) is 6.61 Å². The van der Waals surface area contributed by atoms with Gasteiger partial charge in [0.05, 0.1) is 12.6 Å². The van der Waals surface area contributed by atoms with Gasteiger partial charge in [-0.05, 0) is 0 Å². The van der Waals surface area contributed by atoms with Crippen molar-refractivity contribution >= 4 is 22.4 Å². The van der Waals surface area contributed by atoms with Crippen molar-refractivity contribution in [1.29, 1.82) is 0 Å². The van der Waals surface area contributed by atoms with Gasteiger partial charge in [-0.3, -0.25) is 4.79 Å². The number of nitrogens with zero attached hydrogens (tertiary/aromatic N) is 1. The molecule has 1 aliphatic heterocycles. The second-order valence-corrected chi connectivity index (χ2v) is 16.3. The number of esters is 1. The molecule has 0 bridgehead atoms. The first-order valence-electron chi connectivity index (χ1n) is 5.60. The molecule has 0 radical (unpaired) electrons. The summed E-state index contributed by atoms with van der Waals surface area (Å²) in [5, 5.41) is 0. The Morgan fingerprint density at radius 1 is 1.13 bits per heavy atom. The van der Waals surface area contributed by atoms with Crippen LogP contribution in [0.15, 0.2) is 0 Å². The fourth-order valence-corrected chi connectivity index (χ4v) is 13.0. The SMILES string of the molecule is C[Si](C)(C)N(C1CCOC1=O)[Si](C)(C)C. The topological polar surface area (TPSA) is 29.5 Å². The second-order valence-electron chi connectivity index (χ2n) is 6.18. The Hall–Kier alpha value is -0.136. The van der Waals surface area contributed by atoms with E-state index in [-0.39, 0.29) is 12.0 Å². The zero-order valence-electron chi connectivity index (χ0n) is 10.8. The number of rotatable bonds is 3. The van der Waals surface area contributed by atoms with Crippen LogP contribution >= 0.6 is 0 Å². The molecule has 0 amide bonds. The quantitative estimate of drug-likeness (QED) is 0.564. The lowest BCUT2D eigenvalue weighted by Crippen LogP contribution is -2.64. The molecule has 0 spiro atoms. The molecule has 5 heteroatoms. The van der Waals surface area contributed by atoms with Crippen LogP contribution in [0.5, 0.6) is 0 Å². The number of ether oxygens (including phenoxy) is 1. The first-order chi connectivity index (χ1) is 6.64. The van der Waals surface area contributed by atoms with Gasteiger partial charge in [0.1, 0.15) is 16.5 Å². The molecule has 1 atom stereocenters. The standard InChI is InChI=1S/C10H23NO2Si2/c1-14(2,3)11(15(4,5)6)9-7-8-13-10(9)12/h9H,7-8H2,1-6H3. The maximum Gasteiger partial charge on any atom is 0.322 e. The van der Waals surface area contributed by atoms with Crippen molar-refractivity contribution < 1.29 is 9.53 Å². The monoisotopic (exact) mass is 245 g/mol. The highest BCUT2D eigenvalue weighted by Gasteiger charge is 2.44. The van der Waals surface area contributed by atoms with Crippen molar-refractivity contribution in [3.8, 4) is 0 Å². The van der Waals surface area contributed by atoms with Gasteiger partial charge >= 0.3 is 5.97 Å². The molecular weight excluding hydrogens is 222 g/mol. The molecule has 1 heterocycles. The van der Waals surface area contributed by atoms with E-state index in [1.165, 1.54) is 0 Å². The molecule has 3 nitrogen and oxygen atoms in total. The highest BCUT2D eigenvalue weighted by molar-refractivity contribution is 6.89. The van der Waals surface area contributed by atoms with E-state index in [1.54, 1.807) is 0 Å². The molecule has 1 aliphatic rings. The lowest BCUT2D eigenvalue weighted by Gasteiger charge is -2.46. The molecule has 15 heavy (non-hydrogen) atoms. The van der Waals surface area contributed by atoms with Crippen LogP contribution < -0.4 is 0 Å². The highest BCUT2D eigenvalue weighted by atomic mass is 28.4. The maximum absolute atomic E-state index is 11.7. The summed E-state index contributed by atoms with van der Waals surface area (Å²) in [6, 6.07) is 0.0448. The average Bonchev–Trinajstić information content (AvgIpc) is 2.30. The van der Waals surface area contributed by atoms with Gasteiger partial charge in [0.2, 0.25) is 0 Å². The first-order valence-corrected chi connectivity index (χ1v) is 12.5. The van der Waals surface area contributed by atoms with E-state index in [1.807, 2.05) is 0 Å². The van der Waals surface area contributed by atoms with E-state index < -0.39 is 16.5 Å². The number of hydrogen-bond acceptors (Lipinski definition) is 3. The van der Waals surface area contributed by atoms with Crippen molar-refractivity contribution in [2.24, 2.45) is 0 Å². The summed E-state index contributed by atoms with van der Waals surface area (Å²) in [5.41, 5.74) is 0. The Morgan fingerprint density at radius 3 is 1.87 bits per heavy atom. The van der Waals surface area contributed by atoms with Gasteiger partial charge in [0, 0.05) is 6.42 Å². The molecule has 1 saturated heterocycles. The summed E-state index contributed by atoms with van der Waals surface area (Å²) >= 11 is 0. The lowest BCUT2D eigenvalue weighted by molar-refractivity contribution is -0.140. The molecule has 0 aromatic rings. The Morgan fingerprint density at radius 2 is 1.60 bits per heavy atom. The molecule has 1 unspecified atom stereocenters. The van der Waals surface area contributed by atoms with Crippen LogP contribution in [0.4, 0.5) is 0 Å². The van der Waals surface area contributed by atoms with E-state index >= 15 is 0 Å². The van der Waals surface area contributed by atoms with Crippen LogP contribution in [0, 0.1) is 0 Å².